The van der Waals surface area contributed by atoms with Gasteiger partial charge in [-0.15, -0.1) is 0 Å². The highest BCUT2D eigenvalue weighted by Gasteiger charge is 2.10. The fraction of sp³-hybridized carbons (Fsp3) is 0.500. The Labute approximate surface area is 126 Å². The zero-order valence-corrected chi connectivity index (χ0v) is 13.0. The van der Waals surface area contributed by atoms with Gasteiger partial charge in [-0.3, -0.25) is 9.59 Å². The van der Waals surface area contributed by atoms with Gasteiger partial charge in [-0.2, -0.15) is 0 Å². The van der Waals surface area contributed by atoms with E-state index in [1.165, 1.54) is 0 Å². The van der Waals surface area contributed by atoms with Crippen LogP contribution in [0, 0.1) is 5.92 Å². The quantitative estimate of drug-likeness (QED) is 0.722. The van der Waals surface area contributed by atoms with Crippen LogP contribution in [0.15, 0.2) is 24.3 Å². The average molecular weight is 291 g/mol. The van der Waals surface area contributed by atoms with Crippen molar-refractivity contribution in [1.82, 2.24) is 0 Å². The fourth-order valence-electron chi connectivity index (χ4n) is 1.85. The van der Waals surface area contributed by atoms with Crippen molar-refractivity contribution in [3.05, 3.63) is 24.3 Å². The van der Waals surface area contributed by atoms with Crippen LogP contribution < -0.4 is 16.4 Å². The van der Waals surface area contributed by atoms with E-state index in [1.54, 1.807) is 24.3 Å². The minimum Gasteiger partial charge on any atom is -0.327 e. The molecule has 0 aliphatic rings. The second kappa shape index (κ2) is 8.42. The molecule has 4 N–H and O–H groups in total. The molecule has 1 aromatic carbocycles. The SMILES string of the molecule is CCCC(N)CC(=O)Nc1ccc(NC(=O)C(C)C)cc1. The first-order valence-corrected chi connectivity index (χ1v) is 7.38. The summed E-state index contributed by atoms with van der Waals surface area (Å²) in [6.07, 6.45) is 2.13. The van der Waals surface area contributed by atoms with Crippen molar-refractivity contribution in [3.8, 4) is 0 Å². The molecule has 0 radical (unpaired) electrons. The van der Waals surface area contributed by atoms with Gasteiger partial charge >= 0.3 is 0 Å². The van der Waals surface area contributed by atoms with Crippen molar-refractivity contribution in [1.29, 1.82) is 0 Å². The van der Waals surface area contributed by atoms with Crippen molar-refractivity contribution < 1.29 is 9.59 Å². The summed E-state index contributed by atoms with van der Waals surface area (Å²) in [5.41, 5.74) is 7.25. The van der Waals surface area contributed by atoms with E-state index in [4.69, 9.17) is 5.73 Å². The number of benzene rings is 1. The Bertz CT molecular complexity index is 469. The van der Waals surface area contributed by atoms with Gasteiger partial charge in [-0.05, 0) is 30.7 Å². The van der Waals surface area contributed by atoms with Crippen LogP contribution in [-0.2, 0) is 9.59 Å². The maximum Gasteiger partial charge on any atom is 0.226 e. The summed E-state index contributed by atoms with van der Waals surface area (Å²) in [6, 6.07) is 6.96. The molecule has 21 heavy (non-hydrogen) atoms. The van der Waals surface area contributed by atoms with Gasteiger partial charge in [0.2, 0.25) is 11.8 Å². The maximum absolute atomic E-state index is 11.8. The molecule has 0 aliphatic heterocycles. The molecular formula is C16H25N3O2. The van der Waals surface area contributed by atoms with Crippen LogP contribution in [0.4, 0.5) is 11.4 Å². The topological polar surface area (TPSA) is 84.2 Å². The predicted octanol–water partition coefficient (Wildman–Crippen LogP) is 2.74. The van der Waals surface area contributed by atoms with Gasteiger partial charge in [0.1, 0.15) is 0 Å². The number of nitrogens with two attached hydrogens (primary N) is 1. The Balaban J connectivity index is 2.51. The minimum atomic E-state index is -0.0976. The van der Waals surface area contributed by atoms with Crippen molar-refractivity contribution in [2.75, 3.05) is 10.6 Å². The molecule has 1 atom stereocenters. The number of carbonyl (C=O) groups excluding carboxylic acids is 2. The lowest BCUT2D eigenvalue weighted by Crippen LogP contribution is -2.26. The minimum absolute atomic E-state index is 0.0303. The number of hydrogen-bond donors (Lipinski definition) is 3. The van der Waals surface area contributed by atoms with E-state index in [-0.39, 0.29) is 23.8 Å². The number of nitrogens with one attached hydrogen (secondary N) is 2. The molecule has 0 aromatic heterocycles. The molecule has 5 nitrogen and oxygen atoms in total. The highest BCUT2D eigenvalue weighted by Crippen LogP contribution is 2.15. The molecule has 1 rings (SSSR count). The number of carbonyl (C=O) groups is 2. The Morgan fingerprint density at radius 1 is 1.10 bits per heavy atom. The van der Waals surface area contributed by atoms with E-state index in [2.05, 4.69) is 10.6 Å². The third kappa shape index (κ3) is 6.40. The first kappa shape index (κ1) is 17.2. The van der Waals surface area contributed by atoms with Crippen LogP contribution in [0.25, 0.3) is 0 Å². The van der Waals surface area contributed by atoms with E-state index < -0.39 is 0 Å². The second-order valence-corrected chi connectivity index (χ2v) is 5.52. The first-order chi connectivity index (χ1) is 9.92. The second-order valence-electron chi connectivity index (χ2n) is 5.52. The third-order valence-electron chi connectivity index (χ3n) is 3.07. The van der Waals surface area contributed by atoms with E-state index in [0.717, 1.165) is 18.5 Å². The number of anilines is 2. The zero-order valence-electron chi connectivity index (χ0n) is 13.0. The highest BCUT2D eigenvalue weighted by atomic mass is 16.2. The summed E-state index contributed by atoms with van der Waals surface area (Å²) < 4.78 is 0. The molecule has 0 aliphatic carbocycles. The third-order valence-corrected chi connectivity index (χ3v) is 3.07. The molecule has 116 valence electrons. The summed E-state index contributed by atoms with van der Waals surface area (Å²) in [6.45, 7) is 5.72. The fourth-order valence-corrected chi connectivity index (χ4v) is 1.85. The van der Waals surface area contributed by atoms with Gasteiger partial charge in [-0.1, -0.05) is 27.2 Å². The normalized spacial score (nSPS) is 12.0. The molecule has 0 fully saturated rings. The van der Waals surface area contributed by atoms with Crippen molar-refractivity contribution >= 4 is 23.2 Å². The molecule has 1 aromatic rings. The van der Waals surface area contributed by atoms with Gasteiger partial charge in [0.25, 0.3) is 0 Å². The van der Waals surface area contributed by atoms with Crippen LogP contribution in [0.5, 0.6) is 0 Å². The van der Waals surface area contributed by atoms with E-state index in [9.17, 15) is 9.59 Å². The predicted molar refractivity (Wildman–Crippen MR) is 86.0 cm³/mol. The van der Waals surface area contributed by atoms with Crippen molar-refractivity contribution in [2.24, 2.45) is 11.7 Å². The van der Waals surface area contributed by atoms with Crippen molar-refractivity contribution in [3.63, 3.8) is 0 Å². The molecule has 0 saturated heterocycles. The van der Waals surface area contributed by atoms with E-state index >= 15 is 0 Å². The number of rotatable bonds is 7. The van der Waals surface area contributed by atoms with E-state index in [0.29, 0.717) is 12.1 Å². The highest BCUT2D eigenvalue weighted by molar-refractivity contribution is 5.93. The first-order valence-electron chi connectivity index (χ1n) is 7.38. The smallest absolute Gasteiger partial charge is 0.226 e. The number of hydrogen-bond acceptors (Lipinski definition) is 3. The summed E-state index contributed by atoms with van der Waals surface area (Å²) in [4.78, 5) is 23.4. The Hall–Kier alpha value is -1.88. The lowest BCUT2D eigenvalue weighted by atomic mass is 10.1. The Morgan fingerprint density at radius 2 is 1.62 bits per heavy atom. The van der Waals surface area contributed by atoms with Gasteiger partial charge in [0.15, 0.2) is 0 Å². The lowest BCUT2D eigenvalue weighted by molar-refractivity contribution is -0.119. The largest absolute Gasteiger partial charge is 0.327 e. The van der Waals surface area contributed by atoms with Crippen molar-refractivity contribution in [2.45, 2.75) is 46.1 Å². The maximum atomic E-state index is 11.8. The molecule has 0 spiro atoms. The Kier molecular flexibility index (Phi) is 6.88. The van der Waals surface area contributed by atoms with Crippen LogP contribution in [0.2, 0.25) is 0 Å². The summed E-state index contributed by atoms with van der Waals surface area (Å²) in [5, 5.41) is 5.60. The molecule has 1 unspecified atom stereocenters. The zero-order chi connectivity index (χ0) is 15.8. The molecule has 0 saturated carbocycles. The van der Waals surface area contributed by atoms with Crippen LogP contribution in [0.3, 0.4) is 0 Å². The van der Waals surface area contributed by atoms with Gasteiger partial charge < -0.3 is 16.4 Å². The van der Waals surface area contributed by atoms with E-state index in [1.807, 2.05) is 20.8 Å². The molecule has 5 heteroatoms. The number of amides is 2. The monoisotopic (exact) mass is 291 g/mol. The Morgan fingerprint density at radius 3 is 2.10 bits per heavy atom. The van der Waals surface area contributed by atoms with Gasteiger partial charge in [0.05, 0.1) is 0 Å². The van der Waals surface area contributed by atoms with Crippen LogP contribution >= 0.6 is 0 Å². The molecule has 2 amide bonds. The van der Waals surface area contributed by atoms with Gasteiger partial charge in [-0.25, -0.2) is 0 Å². The molecular weight excluding hydrogens is 266 g/mol. The summed E-state index contributed by atoms with van der Waals surface area (Å²) in [5.74, 6) is -0.184. The van der Waals surface area contributed by atoms with Crippen LogP contribution in [-0.4, -0.2) is 17.9 Å². The standard InChI is InChI=1S/C16H25N3O2/c1-4-5-12(17)10-15(20)18-13-6-8-14(9-7-13)19-16(21)11(2)3/h6-9,11-12H,4-5,10,17H2,1-3H3,(H,18,20)(H,19,21). The average Bonchev–Trinajstić information content (AvgIpc) is 2.40. The van der Waals surface area contributed by atoms with Gasteiger partial charge in [0, 0.05) is 29.8 Å². The summed E-state index contributed by atoms with van der Waals surface area (Å²) >= 11 is 0. The molecule has 0 heterocycles. The van der Waals surface area contributed by atoms with Crippen LogP contribution in [0.1, 0.15) is 40.0 Å². The summed E-state index contributed by atoms with van der Waals surface area (Å²) in [7, 11) is 0. The molecule has 0 bridgehead atoms. The lowest BCUT2D eigenvalue weighted by Gasteiger charge is -2.11.